The Bertz CT molecular complexity index is 1160. The summed E-state index contributed by atoms with van der Waals surface area (Å²) >= 11 is 1.24. The molecule has 1 amide bonds. The monoisotopic (exact) mass is 419 g/mol. The summed E-state index contributed by atoms with van der Waals surface area (Å²) in [6, 6.07) is 14.6. The third-order valence-electron chi connectivity index (χ3n) is 4.99. The highest BCUT2D eigenvalue weighted by molar-refractivity contribution is 8.00. The minimum atomic E-state index is -0.276. The number of nitrogens with one attached hydrogen (secondary N) is 2. The number of aromatic amines is 1. The molecule has 1 aliphatic rings. The van der Waals surface area contributed by atoms with Crippen molar-refractivity contribution in [2.75, 3.05) is 11.1 Å². The number of thioether (sulfide) groups is 1. The van der Waals surface area contributed by atoms with Crippen LogP contribution in [0.25, 0.3) is 5.69 Å². The standard InChI is InChI=1S/C22H21N5O2S/c23-13-16-11-15-7-3-1-6-10-18(15)24-22(16)30-14-20(28)25-19-12-21(29)27(26-19)17-8-4-2-5-9-17/h2,4-5,8-9,11-12,26H,1,3,6-7,10,14H2,(H,25,28). The first-order valence-corrected chi connectivity index (χ1v) is 10.9. The number of rotatable bonds is 5. The number of aryl methyl sites for hydroxylation is 2. The number of aromatic nitrogens is 3. The number of anilines is 1. The van der Waals surface area contributed by atoms with Gasteiger partial charge in [0.2, 0.25) is 5.91 Å². The molecule has 0 aliphatic heterocycles. The number of nitriles is 1. The zero-order chi connectivity index (χ0) is 20.9. The molecule has 1 aliphatic carbocycles. The van der Waals surface area contributed by atoms with Gasteiger partial charge in [-0.15, -0.1) is 0 Å². The van der Waals surface area contributed by atoms with Gasteiger partial charge < -0.3 is 5.32 Å². The molecule has 0 bridgehead atoms. The summed E-state index contributed by atoms with van der Waals surface area (Å²) in [6.07, 6.45) is 5.25. The Hall–Kier alpha value is -3.31. The lowest BCUT2D eigenvalue weighted by molar-refractivity contribution is -0.113. The molecule has 30 heavy (non-hydrogen) atoms. The normalized spacial score (nSPS) is 13.2. The van der Waals surface area contributed by atoms with Crippen molar-refractivity contribution in [2.24, 2.45) is 0 Å². The second kappa shape index (κ2) is 9.01. The molecule has 4 rings (SSSR count). The van der Waals surface area contributed by atoms with E-state index in [0.717, 1.165) is 36.9 Å². The lowest BCUT2D eigenvalue weighted by Crippen LogP contribution is -2.15. The van der Waals surface area contributed by atoms with E-state index in [0.29, 0.717) is 22.1 Å². The summed E-state index contributed by atoms with van der Waals surface area (Å²) in [5.74, 6) is 0.144. The predicted octanol–water partition coefficient (Wildman–Crippen LogP) is 3.43. The molecule has 0 saturated heterocycles. The molecular formula is C22H21N5O2S. The minimum absolute atomic E-state index is 0.0962. The van der Waals surface area contributed by atoms with Gasteiger partial charge in [0, 0.05) is 11.8 Å². The Morgan fingerprint density at radius 1 is 1.20 bits per heavy atom. The number of hydrogen-bond acceptors (Lipinski definition) is 5. The summed E-state index contributed by atoms with van der Waals surface area (Å²) < 4.78 is 1.37. The van der Waals surface area contributed by atoms with E-state index in [4.69, 9.17) is 0 Å². The van der Waals surface area contributed by atoms with Crippen molar-refractivity contribution in [3.63, 3.8) is 0 Å². The van der Waals surface area contributed by atoms with E-state index >= 15 is 0 Å². The molecule has 2 aromatic heterocycles. The zero-order valence-electron chi connectivity index (χ0n) is 16.4. The fourth-order valence-electron chi connectivity index (χ4n) is 3.53. The van der Waals surface area contributed by atoms with Gasteiger partial charge in [0.15, 0.2) is 0 Å². The molecule has 0 spiro atoms. The third kappa shape index (κ3) is 4.47. The smallest absolute Gasteiger partial charge is 0.273 e. The van der Waals surface area contributed by atoms with Crippen LogP contribution in [0.4, 0.5) is 5.82 Å². The zero-order valence-corrected chi connectivity index (χ0v) is 17.2. The molecule has 1 aromatic carbocycles. The summed E-state index contributed by atoms with van der Waals surface area (Å²) in [5.41, 5.74) is 3.13. The summed E-state index contributed by atoms with van der Waals surface area (Å²) in [5, 5.41) is 15.7. The van der Waals surface area contributed by atoms with Gasteiger partial charge in [0.25, 0.3) is 5.56 Å². The molecule has 0 radical (unpaired) electrons. The van der Waals surface area contributed by atoms with E-state index in [-0.39, 0.29) is 17.2 Å². The van der Waals surface area contributed by atoms with E-state index in [9.17, 15) is 14.9 Å². The van der Waals surface area contributed by atoms with Crippen molar-refractivity contribution in [3.8, 4) is 11.8 Å². The molecule has 0 fully saturated rings. The number of pyridine rings is 1. The first-order valence-electron chi connectivity index (χ1n) is 9.87. The van der Waals surface area contributed by atoms with Crippen LogP contribution in [0.2, 0.25) is 0 Å². The Labute approximate surface area is 178 Å². The topological polar surface area (TPSA) is 104 Å². The molecule has 2 heterocycles. The van der Waals surface area contributed by atoms with Crippen molar-refractivity contribution in [2.45, 2.75) is 37.1 Å². The number of fused-ring (bicyclic) bond motifs is 1. The Morgan fingerprint density at radius 2 is 2.00 bits per heavy atom. The number of amides is 1. The quantitative estimate of drug-likeness (QED) is 0.487. The van der Waals surface area contributed by atoms with Crippen LogP contribution in [0.1, 0.15) is 36.1 Å². The van der Waals surface area contributed by atoms with E-state index in [1.54, 1.807) is 12.1 Å². The van der Waals surface area contributed by atoms with E-state index in [1.807, 2.05) is 24.3 Å². The molecule has 0 atom stereocenters. The Morgan fingerprint density at radius 3 is 2.80 bits per heavy atom. The average molecular weight is 420 g/mol. The first kappa shape index (κ1) is 20.0. The van der Waals surface area contributed by atoms with Crippen LogP contribution in [-0.4, -0.2) is 26.4 Å². The maximum Gasteiger partial charge on any atom is 0.273 e. The number of benzene rings is 1. The van der Waals surface area contributed by atoms with Gasteiger partial charge in [-0.2, -0.15) is 5.26 Å². The van der Waals surface area contributed by atoms with Gasteiger partial charge in [-0.3, -0.25) is 14.7 Å². The second-order valence-electron chi connectivity index (χ2n) is 7.14. The highest BCUT2D eigenvalue weighted by Crippen LogP contribution is 2.27. The number of para-hydroxylation sites is 1. The largest absolute Gasteiger partial charge is 0.310 e. The van der Waals surface area contributed by atoms with E-state index < -0.39 is 0 Å². The fraction of sp³-hybridized carbons (Fsp3) is 0.273. The Kier molecular flexibility index (Phi) is 6.00. The SMILES string of the molecule is N#Cc1cc2c(nc1SCC(=O)Nc1cc(=O)n(-c3ccccc3)[nH]1)CCCCC2. The van der Waals surface area contributed by atoms with Crippen LogP contribution < -0.4 is 10.9 Å². The van der Waals surface area contributed by atoms with Gasteiger partial charge in [-0.25, -0.2) is 9.67 Å². The van der Waals surface area contributed by atoms with E-state index in [1.165, 1.54) is 28.9 Å². The fourth-order valence-corrected chi connectivity index (χ4v) is 4.31. The van der Waals surface area contributed by atoms with Crippen LogP contribution in [-0.2, 0) is 17.6 Å². The summed E-state index contributed by atoms with van der Waals surface area (Å²) in [4.78, 5) is 29.3. The van der Waals surface area contributed by atoms with Gasteiger partial charge in [0.1, 0.15) is 16.9 Å². The number of nitrogens with zero attached hydrogens (tertiary/aromatic N) is 3. The second-order valence-corrected chi connectivity index (χ2v) is 8.10. The summed E-state index contributed by atoms with van der Waals surface area (Å²) in [7, 11) is 0. The maximum atomic E-state index is 12.4. The maximum absolute atomic E-state index is 12.4. The van der Waals surface area contributed by atoms with Crippen LogP contribution >= 0.6 is 11.8 Å². The highest BCUT2D eigenvalue weighted by atomic mass is 32.2. The molecule has 2 N–H and O–H groups in total. The highest BCUT2D eigenvalue weighted by Gasteiger charge is 2.16. The number of hydrogen-bond donors (Lipinski definition) is 2. The number of H-pyrrole nitrogens is 1. The van der Waals surface area contributed by atoms with Gasteiger partial charge in [-0.05, 0) is 49.4 Å². The predicted molar refractivity (Wildman–Crippen MR) is 116 cm³/mol. The first-order chi connectivity index (χ1) is 14.6. The molecule has 8 heteroatoms. The molecule has 0 unspecified atom stereocenters. The van der Waals surface area contributed by atoms with Gasteiger partial charge in [0.05, 0.1) is 17.0 Å². The molecular weight excluding hydrogens is 398 g/mol. The molecule has 0 saturated carbocycles. The van der Waals surface area contributed by atoms with Crippen LogP contribution in [0.3, 0.4) is 0 Å². The Balaban J connectivity index is 1.44. The van der Waals surface area contributed by atoms with Crippen molar-refractivity contribution >= 4 is 23.5 Å². The minimum Gasteiger partial charge on any atom is -0.310 e. The van der Waals surface area contributed by atoms with Gasteiger partial charge >= 0.3 is 0 Å². The van der Waals surface area contributed by atoms with Crippen LogP contribution in [0.15, 0.2) is 52.3 Å². The molecule has 7 nitrogen and oxygen atoms in total. The average Bonchev–Trinajstić information content (AvgIpc) is 2.97. The van der Waals surface area contributed by atoms with Crippen LogP contribution in [0.5, 0.6) is 0 Å². The third-order valence-corrected chi connectivity index (χ3v) is 5.98. The van der Waals surface area contributed by atoms with Crippen molar-refractivity contribution in [1.29, 1.82) is 5.26 Å². The number of carbonyl (C=O) groups excluding carboxylic acids is 1. The van der Waals surface area contributed by atoms with Crippen molar-refractivity contribution < 1.29 is 4.79 Å². The molecule has 152 valence electrons. The van der Waals surface area contributed by atoms with E-state index in [2.05, 4.69) is 21.5 Å². The molecule has 3 aromatic rings. The summed E-state index contributed by atoms with van der Waals surface area (Å²) in [6.45, 7) is 0. The lowest BCUT2D eigenvalue weighted by Gasteiger charge is -2.10. The number of carbonyl (C=O) groups is 1. The van der Waals surface area contributed by atoms with Gasteiger partial charge in [-0.1, -0.05) is 36.4 Å². The lowest BCUT2D eigenvalue weighted by atomic mass is 10.1. The van der Waals surface area contributed by atoms with Crippen LogP contribution in [0, 0.1) is 11.3 Å². The van der Waals surface area contributed by atoms with Crippen molar-refractivity contribution in [1.82, 2.24) is 14.8 Å². The van der Waals surface area contributed by atoms with Crippen molar-refractivity contribution in [3.05, 3.63) is 69.6 Å².